The summed E-state index contributed by atoms with van der Waals surface area (Å²) in [6, 6.07) is 7.67. The van der Waals surface area contributed by atoms with Crippen LogP contribution in [0.3, 0.4) is 0 Å². The zero-order chi connectivity index (χ0) is 20.7. The summed E-state index contributed by atoms with van der Waals surface area (Å²) in [5.74, 6) is -0.527. The molecule has 0 aliphatic rings. The van der Waals surface area contributed by atoms with E-state index in [0.717, 1.165) is 5.56 Å². The molecule has 0 bridgehead atoms. The van der Waals surface area contributed by atoms with Gasteiger partial charge in [0.05, 0.1) is 0 Å². The van der Waals surface area contributed by atoms with Crippen LogP contribution < -0.4 is 21.3 Å². The SMILES string of the molecule is CCn1cc(C#N)c(=O)n(CC(=O)NCCc2ccc(OC(F)F)cc2)c1=O. The van der Waals surface area contributed by atoms with Crippen LogP contribution in [0.25, 0.3) is 0 Å². The van der Waals surface area contributed by atoms with E-state index in [4.69, 9.17) is 5.26 Å². The number of carbonyl (C=O) groups excluding carboxylic acids is 1. The van der Waals surface area contributed by atoms with Crippen LogP contribution in [0.5, 0.6) is 5.75 Å². The molecule has 2 rings (SSSR count). The highest BCUT2D eigenvalue weighted by molar-refractivity contribution is 5.75. The number of hydrogen-bond acceptors (Lipinski definition) is 5. The van der Waals surface area contributed by atoms with Crippen molar-refractivity contribution in [3.8, 4) is 11.8 Å². The molecule has 0 saturated heterocycles. The summed E-state index contributed by atoms with van der Waals surface area (Å²) in [4.78, 5) is 36.4. The number of aryl methyl sites for hydroxylation is 1. The summed E-state index contributed by atoms with van der Waals surface area (Å²) in [6.45, 7) is -1.27. The zero-order valence-corrected chi connectivity index (χ0v) is 15.0. The molecule has 1 amide bonds. The molecule has 0 aliphatic carbocycles. The molecule has 0 atom stereocenters. The van der Waals surface area contributed by atoms with Crippen LogP contribution in [0.1, 0.15) is 18.1 Å². The lowest BCUT2D eigenvalue weighted by atomic mass is 10.1. The van der Waals surface area contributed by atoms with Crippen molar-refractivity contribution in [2.24, 2.45) is 0 Å². The highest BCUT2D eigenvalue weighted by Crippen LogP contribution is 2.14. The van der Waals surface area contributed by atoms with Crippen molar-refractivity contribution in [3.63, 3.8) is 0 Å². The van der Waals surface area contributed by atoms with Gasteiger partial charge in [0.1, 0.15) is 23.9 Å². The molecule has 148 valence electrons. The van der Waals surface area contributed by atoms with Crippen LogP contribution in [0.15, 0.2) is 40.1 Å². The predicted octanol–water partition coefficient (Wildman–Crippen LogP) is 0.862. The van der Waals surface area contributed by atoms with Gasteiger partial charge in [-0.25, -0.2) is 9.36 Å². The zero-order valence-electron chi connectivity index (χ0n) is 15.0. The van der Waals surface area contributed by atoms with Gasteiger partial charge in [0.15, 0.2) is 0 Å². The lowest BCUT2D eigenvalue weighted by Crippen LogP contribution is -2.44. The van der Waals surface area contributed by atoms with Crippen molar-refractivity contribution >= 4 is 5.91 Å². The molecule has 1 N–H and O–H groups in total. The number of rotatable bonds is 8. The molecule has 10 heteroatoms. The molecule has 1 aromatic carbocycles. The second kappa shape index (κ2) is 9.45. The highest BCUT2D eigenvalue weighted by atomic mass is 19.3. The van der Waals surface area contributed by atoms with Crippen LogP contribution in [-0.4, -0.2) is 28.2 Å². The molecule has 1 aromatic heterocycles. The van der Waals surface area contributed by atoms with E-state index in [0.29, 0.717) is 11.0 Å². The molecule has 1 heterocycles. The molecule has 0 spiro atoms. The fourth-order valence-electron chi connectivity index (χ4n) is 2.48. The molecule has 0 aliphatic heterocycles. The van der Waals surface area contributed by atoms with Gasteiger partial charge in [-0.3, -0.25) is 14.2 Å². The Hall–Kier alpha value is -3.48. The van der Waals surface area contributed by atoms with Crippen molar-refractivity contribution in [3.05, 3.63) is 62.4 Å². The minimum atomic E-state index is -2.90. The number of halogens is 2. The monoisotopic (exact) mass is 392 g/mol. The summed E-state index contributed by atoms with van der Waals surface area (Å²) < 4.78 is 30.4. The summed E-state index contributed by atoms with van der Waals surface area (Å²) in [5, 5.41) is 11.6. The first kappa shape index (κ1) is 20.8. The molecule has 0 saturated carbocycles. The van der Waals surface area contributed by atoms with Crippen LogP contribution in [-0.2, 0) is 24.3 Å². The van der Waals surface area contributed by atoms with Gasteiger partial charge in [0.2, 0.25) is 5.91 Å². The second-order valence-electron chi connectivity index (χ2n) is 5.74. The van der Waals surface area contributed by atoms with Crippen LogP contribution in [0.4, 0.5) is 8.78 Å². The Morgan fingerprint density at radius 3 is 2.54 bits per heavy atom. The van der Waals surface area contributed by atoms with Crippen molar-refractivity contribution in [2.75, 3.05) is 6.54 Å². The number of hydrogen-bond donors (Lipinski definition) is 1. The Labute approximate surface area is 158 Å². The van der Waals surface area contributed by atoms with Gasteiger partial charge < -0.3 is 10.1 Å². The average Bonchev–Trinajstić information content (AvgIpc) is 2.66. The normalized spacial score (nSPS) is 10.5. The van der Waals surface area contributed by atoms with E-state index in [1.165, 1.54) is 22.9 Å². The maximum atomic E-state index is 12.2. The second-order valence-corrected chi connectivity index (χ2v) is 5.74. The minimum Gasteiger partial charge on any atom is -0.435 e. The smallest absolute Gasteiger partial charge is 0.387 e. The summed E-state index contributed by atoms with van der Waals surface area (Å²) in [5.41, 5.74) is -0.933. The van der Waals surface area contributed by atoms with E-state index in [-0.39, 0.29) is 24.4 Å². The van der Waals surface area contributed by atoms with Crippen molar-refractivity contribution in [1.82, 2.24) is 14.5 Å². The van der Waals surface area contributed by atoms with E-state index < -0.39 is 30.3 Å². The molecular formula is C18H18F2N4O4. The van der Waals surface area contributed by atoms with Gasteiger partial charge in [-0.2, -0.15) is 14.0 Å². The first-order valence-electron chi connectivity index (χ1n) is 8.40. The van der Waals surface area contributed by atoms with Gasteiger partial charge in [-0.1, -0.05) is 12.1 Å². The van der Waals surface area contributed by atoms with E-state index >= 15 is 0 Å². The van der Waals surface area contributed by atoms with Gasteiger partial charge in [-0.05, 0) is 31.0 Å². The fraction of sp³-hybridized carbons (Fsp3) is 0.333. The van der Waals surface area contributed by atoms with E-state index in [1.54, 1.807) is 25.1 Å². The maximum absolute atomic E-state index is 12.2. The number of amides is 1. The third-order valence-electron chi connectivity index (χ3n) is 3.88. The average molecular weight is 392 g/mol. The van der Waals surface area contributed by atoms with Crippen molar-refractivity contribution < 1.29 is 18.3 Å². The first-order chi connectivity index (χ1) is 13.3. The number of benzene rings is 1. The van der Waals surface area contributed by atoms with Gasteiger partial charge in [0.25, 0.3) is 5.56 Å². The quantitative estimate of drug-likeness (QED) is 0.717. The van der Waals surface area contributed by atoms with E-state index in [2.05, 4.69) is 10.1 Å². The van der Waals surface area contributed by atoms with Gasteiger partial charge in [-0.15, -0.1) is 0 Å². The number of alkyl halides is 2. The Kier molecular flexibility index (Phi) is 7.03. The predicted molar refractivity (Wildman–Crippen MR) is 95.1 cm³/mol. The number of nitrogens with zero attached hydrogens (tertiary/aromatic N) is 3. The lowest BCUT2D eigenvalue weighted by Gasteiger charge is -2.10. The highest BCUT2D eigenvalue weighted by Gasteiger charge is 2.13. The molecular weight excluding hydrogens is 374 g/mol. The third-order valence-corrected chi connectivity index (χ3v) is 3.88. The Bertz CT molecular complexity index is 991. The Morgan fingerprint density at radius 2 is 1.96 bits per heavy atom. The number of aromatic nitrogens is 2. The van der Waals surface area contributed by atoms with Crippen molar-refractivity contribution in [2.45, 2.75) is 33.0 Å². The van der Waals surface area contributed by atoms with Crippen molar-refractivity contribution in [1.29, 1.82) is 5.26 Å². The molecule has 2 aromatic rings. The number of nitrogens with one attached hydrogen (secondary N) is 1. The van der Waals surface area contributed by atoms with Crippen LogP contribution >= 0.6 is 0 Å². The lowest BCUT2D eigenvalue weighted by molar-refractivity contribution is -0.121. The van der Waals surface area contributed by atoms with Crippen LogP contribution in [0.2, 0.25) is 0 Å². The first-order valence-corrected chi connectivity index (χ1v) is 8.40. The topological polar surface area (TPSA) is 106 Å². The number of ether oxygens (including phenoxy) is 1. The summed E-state index contributed by atoms with van der Waals surface area (Å²) in [6.07, 6.45) is 1.58. The van der Waals surface area contributed by atoms with E-state index in [9.17, 15) is 23.2 Å². The Balaban J connectivity index is 1.97. The standard InChI is InChI=1S/C18H18F2N4O4/c1-2-23-10-13(9-21)16(26)24(18(23)27)11-15(25)22-8-7-12-3-5-14(6-4-12)28-17(19)20/h3-6,10,17H,2,7-8,11H2,1H3,(H,22,25). The Morgan fingerprint density at radius 1 is 1.29 bits per heavy atom. The molecule has 0 radical (unpaired) electrons. The minimum absolute atomic E-state index is 0.0340. The summed E-state index contributed by atoms with van der Waals surface area (Å²) >= 11 is 0. The van der Waals surface area contributed by atoms with Gasteiger partial charge in [0, 0.05) is 19.3 Å². The van der Waals surface area contributed by atoms with Gasteiger partial charge >= 0.3 is 12.3 Å². The molecule has 28 heavy (non-hydrogen) atoms. The largest absolute Gasteiger partial charge is 0.435 e. The number of nitriles is 1. The fourth-order valence-corrected chi connectivity index (χ4v) is 2.48. The maximum Gasteiger partial charge on any atom is 0.387 e. The number of carbonyl (C=O) groups is 1. The molecule has 0 fully saturated rings. The molecule has 0 unspecified atom stereocenters. The third kappa shape index (κ3) is 5.26. The van der Waals surface area contributed by atoms with E-state index in [1.807, 2.05) is 0 Å². The summed E-state index contributed by atoms with van der Waals surface area (Å²) in [7, 11) is 0. The molecule has 8 nitrogen and oxygen atoms in total. The van der Waals surface area contributed by atoms with Crippen LogP contribution in [0, 0.1) is 11.3 Å².